The normalized spacial score (nSPS) is 12.6. The summed E-state index contributed by atoms with van der Waals surface area (Å²) >= 11 is 0. The largest absolute Gasteiger partial charge is 0.310 e. The van der Waals surface area contributed by atoms with Gasteiger partial charge in [-0.25, -0.2) is 0 Å². The van der Waals surface area contributed by atoms with Gasteiger partial charge in [0.2, 0.25) is 0 Å². The quantitative estimate of drug-likeness (QED) is 0.838. The molecule has 1 unspecified atom stereocenters. The number of aryl methyl sites for hydroxylation is 3. The zero-order valence-electron chi connectivity index (χ0n) is 13.7. The molecule has 114 valence electrons. The van der Waals surface area contributed by atoms with E-state index in [4.69, 9.17) is 0 Å². The van der Waals surface area contributed by atoms with Crippen molar-refractivity contribution in [2.75, 3.05) is 6.54 Å². The Labute approximate surface area is 128 Å². The first-order chi connectivity index (χ1) is 10.2. The highest BCUT2D eigenvalue weighted by molar-refractivity contribution is 5.37. The van der Waals surface area contributed by atoms with Crippen LogP contribution in [-0.4, -0.2) is 16.3 Å². The van der Waals surface area contributed by atoms with Crippen molar-refractivity contribution in [3.05, 3.63) is 52.8 Å². The molecule has 0 spiro atoms. The Kier molecular flexibility index (Phi) is 5.57. The molecule has 0 aliphatic carbocycles. The zero-order chi connectivity index (χ0) is 15.2. The average Bonchev–Trinajstić information content (AvgIpc) is 2.92. The van der Waals surface area contributed by atoms with Gasteiger partial charge >= 0.3 is 0 Å². The fourth-order valence-corrected chi connectivity index (χ4v) is 2.89. The Hall–Kier alpha value is -1.61. The molecule has 1 N–H and O–H groups in total. The summed E-state index contributed by atoms with van der Waals surface area (Å²) in [6.45, 7) is 10.7. The Morgan fingerprint density at radius 1 is 1.19 bits per heavy atom. The molecule has 21 heavy (non-hydrogen) atoms. The van der Waals surface area contributed by atoms with Crippen LogP contribution in [0.15, 0.2) is 30.6 Å². The topological polar surface area (TPSA) is 29.9 Å². The highest BCUT2D eigenvalue weighted by Crippen LogP contribution is 2.25. The van der Waals surface area contributed by atoms with Crippen molar-refractivity contribution < 1.29 is 0 Å². The van der Waals surface area contributed by atoms with E-state index in [9.17, 15) is 0 Å². The lowest BCUT2D eigenvalue weighted by Gasteiger charge is -2.22. The second kappa shape index (κ2) is 7.41. The Morgan fingerprint density at radius 2 is 1.90 bits per heavy atom. The van der Waals surface area contributed by atoms with Crippen molar-refractivity contribution in [3.8, 4) is 0 Å². The lowest BCUT2D eigenvalue weighted by atomic mass is 9.92. The van der Waals surface area contributed by atoms with Gasteiger partial charge in [0, 0.05) is 18.8 Å². The Morgan fingerprint density at radius 3 is 2.48 bits per heavy atom. The van der Waals surface area contributed by atoms with Gasteiger partial charge in [0.15, 0.2) is 0 Å². The van der Waals surface area contributed by atoms with E-state index in [0.29, 0.717) is 6.04 Å². The molecule has 0 fully saturated rings. The third-order valence-corrected chi connectivity index (χ3v) is 3.98. The summed E-state index contributed by atoms with van der Waals surface area (Å²) in [6.07, 6.45) is 6.30. The van der Waals surface area contributed by atoms with Gasteiger partial charge in [0.1, 0.15) is 0 Å². The second-order valence-corrected chi connectivity index (χ2v) is 5.72. The number of benzene rings is 1. The maximum atomic E-state index is 4.40. The fourth-order valence-electron chi connectivity index (χ4n) is 2.89. The molecule has 2 aromatic rings. The molecule has 1 heterocycles. The van der Waals surface area contributed by atoms with Crippen LogP contribution in [0, 0.1) is 13.8 Å². The van der Waals surface area contributed by atoms with Crippen molar-refractivity contribution in [1.82, 2.24) is 15.1 Å². The molecule has 3 nitrogen and oxygen atoms in total. The number of hydrogen-bond acceptors (Lipinski definition) is 2. The fraction of sp³-hybridized carbons (Fsp3) is 0.500. The number of nitrogens with zero attached hydrogens (tertiary/aromatic N) is 2. The highest BCUT2D eigenvalue weighted by Gasteiger charge is 2.16. The van der Waals surface area contributed by atoms with Crippen LogP contribution in [0.5, 0.6) is 0 Å². The minimum Gasteiger partial charge on any atom is -0.310 e. The monoisotopic (exact) mass is 285 g/mol. The van der Waals surface area contributed by atoms with E-state index in [0.717, 1.165) is 25.9 Å². The first-order valence-corrected chi connectivity index (χ1v) is 7.96. The minimum absolute atomic E-state index is 0.362. The van der Waals surface area contributed by atoms with Crippen LogP contribution in [0.3, 0.4) is 0 Å². The van der Waals surface area contributed by atoms with Gasteiger partial charge in [-0.05, 0) is 62.4 Å². The molecule has 3 heteroatoms. The third kappa shape index (κ3) is 3.94. The van der Waals surface area contributed by atoms with Gasteiger partial charge in [-0.1, -0.05) is 25.1 Å². The standard InChI is InChI=1S/C18H27N3/c1-5-10-19-17(11-16-12-20-21(6-2)13-16)18-14(3)8-7-9-15(18)4/h7-9,12-13,17,19H,5-6,10-11H2,1-4H3. The van der Waals surface area contributed by atoms with Gasteiger partial charge in [-0.15, -0.1) is 0 Å². The Balaban J connectivity index is 2.25. The van der Waals surface area contributed by atoms with Gasteiger partial charge in [-0.2, -0.15) is 5.10 Å². The van der Waals surface area contributed by atoms with Crippen molar-refractivity contribution in [2.24, 2.45) is 0 Å². The van der Waals surface area contributed by atoms with Crippen LogP contribution in [-0.2, 0) is 13.0 Å². The van der Waals surface area contributed by atoms with Crippen LogP contribution in [0.25, 0.3) is 0 Å². The van der Waals surface area contributed by atoms with E-state index in [1.54, 1.807) is 0 Å². The van der Waals surface area contributed by atoms with Crippen LogP contribution < -0.4 is 5.32 Å². The zero-order valence-corrected chi connectivity index (χ0v) is 13.7. The number of rotatable bonds is 7. The average molecular weight is 285 g/mol. The van der Waals surface area contributed by atoms with Crippen molar-refractivity contribution in [1.29, 1.82) is 0 Å². The maximum absolute atomic E-state index is 4.40. The Bertz CT molecular complexity index is 551. The van der Waals surface area contributed by atoms with E-state index in [2.05, 4.69) is 62.5 Å². The number of nitrogens with one attached hydrogen (secondary N) is 1. The molecule has 0 amide bonds. The molecular weight excluding hydrogens is 258 g/mol. The van der Waals surface area contributed by atoms with Gasteiger partial charge in [0.25, 0.3) is 0 Å². The lowest BCUT2D eigenvalue weighted by Crippen LogP contribution is -2.25. The van der Waals surface area contributed by atoms with Crippen LogP contribution >= 0.6 is 0 Å². The summed E-state index contributed by atoms with van der Waals surface area (Å²) in [7, 11) is 0. The molecule has 0 radical (unpaired) electrons. The van der Waals surface area contributed by atoms with Crippen LogP contribution in [0.1, 0.15) is 48.6 Å². The van der Waals surface area contributed by atoms with Gasteiger partial charge in [0.05, 0.1) is 6.20 Å². The molecular formula is C18H27N3. The van der Waals surface area contributed by atoms with E-state index >= 15 is 0 Å². The smallest absolute Gasteiger partial charge is 0.0522 e. The predicted molar refractivity (Wildman–Crippen MR) is 88.6 cm³/mol. The van der Waals surface area contributed by atoms with Crippen LogP contribution in [0.4, 0.5) is 0 Å². The molecule has 0 saturated heterocycles. The highest BCUT2D eigenvalue weighted by atomic mass is 15.3. The van der Waals surface area contributed by atoms with Crippen molar-refractivity contribution in [2.45, 2.75) is 53.1 Å². The second-order valence-electron chi connectivity index (χ2n) is 5.72. The van der Waals surface area contributed by atoms with Gasteiger partial charge in [-0.3, -0.25) is 4.68 Å². The van der Waals surface area contributed by atoms with Crippen molar-refractivity contribution >= 4 is 0 Å². The lowest BCUT2D eigenvalue weighted by molar-refractivity contribution is 0.524. The maximum Gasteiger partial charge on any atom is 0.0522 e. The van der Waals surface area contributed by atoms with Crippen molar-refractivity contribution in [3.63, 3.8) is 0 Å². The van der Waals surface area contributed by atoms with Crippen LogP contribution in [0.2, 0.25) is 0 Å². The SMILES string of the molecule is CCCNC(Cc1cnn(CC)c1)c1c(C)cccc1C. The van der Waals surface area contributed by atoms with E-state index < -0.39 is 0 Å². The molecule has 1 atom stereocenters. The molecule has 0 aliphatic heterocycles. The van der Waals surface area contributed by atoms with E-state index in [1.165, 1.54) is 22.3 Å². The molecule has 1 aromatic carbocycles. The predicted octanol–water partition coefficient (Wildman–Crippen LogP) is 3.80. The summed E-state index contributed by atoms with van der Waals surface area (Å²) in [4.78, 5) is 0. The number of hydrogen-bond donors (Lipinski definition) is 1. The van der Waals surface area contributed by atoms with E-state index in [-0.39, 0.29) is 0 Å². The van der Waals surface area contributed by atoms with E-state index in [1.807, 2.05) is 10.9 Å². The molecule has 0 saturated carbocycles. The summed E-state index contributed by atoms with van der Waals surface area (Å²) in [6, 6.07) is 6.91. The summed E-state index contributed by atoms with van der Waals surface area (Å²) in [5, 5.41) is 8.10. The third-order valence-electron chi connectivity index (χ3n) is 3.98. The molecule has 0 bridgehead atoms. The first-order valence-electron chi connectivity index (χ1n) is 7.96. The molecule has 0 aliphatic rings. The molecule has 1 aromatic heterocycles. The molecule has 2 rings (SSSR count). The summed E-state index contributed by atoms with van der Waals surface area (Å²) in [5.41, 5.74) is 5.47. The first kappa shape index (κ1) is 15.8. The summed E-state index contributed by atoms with van der Waals surface area (Å²) in [5.74, 6) is 0. The minimum atomic E-state index is 0.362. The van der Waals surface area contributed by atoms with Gasteiger partial charge < -0.3 is 5.32 Å². The number of aromatic nitrogens is 2. The summed E-state index contributed by atoms with van der Waals surface area (Å²) < 4.78 is 2.00.